The number of aliphatic carboxylic acids is 1. The van der Waals surface area contributed by atoms with Gasteiger partial charge >= 0.3 is 12.0 Å². The number of carboxylic acids is 1. The lowest BCUT2D eigenvalue weighted by Gasteiger charge is -2.12. The highest BCUT2D eigenvalue weighted by Crippen LogP contribution is 1.95. The zero-order valence-corrected chi connectivity index (χ0v) is 8.25. The number of hydrogen-bond donors (Lipinski definition) is 3. The molecular weight excluding hydrogens is 184 g/mol. The molecule has 0 aromatic rings. The number of carbonyl (C=O) groups is 2. The Morgan fingerprint density at radius 1 is 1.57 bits per heavy atom. The fourth-order valence-corrected chi connectivity index (χ4v) is 0.852. The highest BCUT2D eigenvalue weighted by Gasteiger charge is 2.07. The molecule has 0 bridgehead atoms. The zero-order valence-electron chi connectivity index (χ0n) is 8.25. The molecule has 0 aliphatic carbocycles. The van der Waals surface area contributed by atoms with Gasteiger partial charge in [-0.3, -0.25) is 4.79 Å². The van der Waals surface area contributed by atoms with Gasteiger partial charge in [0.2, 0.25) is 0 Å². The maximum atomic E-state index is 11.0. The minimum absolute atomic E-state index is 0.0584. The Kier molecular flexibility index (Phi) is 6.19. The topological polar surface area (TPSA) is 78.4 Å². The van der Waals surface area contributed by atoms with E-state index in [1.807, 2.05) is 0 Å². The van der Waals surface area contributed by atoms with Crippen molar-refractivity contribution >= 4 is 12.0 Å². The first-order chi connectivity index (χ1) is 6.56. The van der Waals surface area contributed by atoms with Gasteiger partial charge in [0, 0.05) is 19.0 Å². The van der Waals surface area contributed by atoms with Crippen LogP contribution in [-0.2, 0) is 4.79 Å². The van der Waals surface area contributed by atoms with Crippen molar-refractivity contribution in [2.75, 3.05) is 6.54 Å². The summed E-state index contributed by atoms with van der Waals surface area (Å²) < 4.78 is 0. The predicted molar refractivity (Wildman–Crippen MR) is 53.1 cm³/mol. The van der Waals surface area contributed by atoms with Crippen molar-refractivity contribution in [2.24, 2.45) is 0 Å². The summed E-state index contributed by atoms with van der Waals surface area (Å²) in [5.41, 5.74) is 0. The third-order valence-electron chi connectivity index (χ3n) is 1.58. The summed E-state index contributed by atoms with van der Waals surface area (Å²) in [4.78, 5) is 21.3. The molecule has 5 heteroatoms. The minimum atomic E-state index is -0.856. The highest BCUT2D eigenvalue weighted by atomic mass is 16.4. The number of carbonyl (C=O) groups excluding carboxylic acids is 1. The van der Waals surface area contributed by atoms with Crippen molar-refractivity contribution in [1.29, 1.82) is 0 Å². The molecule has 0 aliphatic rings. The highest BCUT2D eigenvalue weighted by molar-refractivity contribution is 5.74. The number of amides is 2. The van der Waals surface area contributed by atoms with Crippen LogP contribution in [-0.4, -0.2) is 29.7 Å². The van der Waals surface area contributed by atoms with Crippen LogP contribution in [0.25, 0.3) is 0 Å². The Bertz CT molecular complexity index is 216. The van der Waals surface area contributed by atoms with Gasteiger partial charge in [0.15, 0.2) is 0 Å². The van der Waals surface area contributed by atoms with E-state index in [1.165, 1.54) is 0 Å². The third kappa shape index (κ3) is 7.15. The second-order valence-corrected chi connectivity index (χ2v) is 2.98. The van der Waals surface area contributed by atoms with Gasteiger partial charge in [-0.15, -0.1) is 6.58 Å². The van der Waals surface area contributed by atoms with Crippen LogP contribution in [0.1, 0.15) is 19.8 Å². The molecule has 3 N–H and O–H groups in total. The van der Waals surface area contributed by atoms with Gasteiger partial charge < -0.3 is 15.7 Å². The molecule has 1 atom stereocenters. The summed E-state index contributed by atoms with van der Waals surface area (Å²) in [6, 6.07) is -0.446. The summed E-state index contributed by atoms with van der Waals surface area (Å²) >= 11 is 0. The normalized spacial score (nSPS) is 11.5. The van der Waals surface area contributed by atoms with Crippen LogP contribution >= 0.6 is 0 Å². The lowest BCUT2D eigenvalue weighted by molar-refractivity contribution is -0.137. The fourth-order valence-electron chi connectivity index (χ4n) is 0.852. The van der Waals surface area contributed by atoms with Gasteiger partial charge in [0.1, 0.15) is 0 Å². The van der Waals surface area contributed by atoms with E-state index in [4.69, 9.17) is 5.11 Å². The third-order valence-corrected chi connectivity index (χ3v) is 1.58. The molecule has 80 valence electrons. The second-order valence-electron chi connectivity index (χ2n) is 2.98. The van der Waals surface area contributed by atoms with Crippen LogP contribution in [0.3, 0.4) is 0 Å². The maximum absolute atomic E-state index is 11.0. The van der Waals surface area contributed by atoms with Crippen LogP contribution in [0.2, 0.25) is 0 Å². The van der Waals surface area contributed by atoms with Crippen LogP contribution in [0, 0.1) is 0 Å². The van der Waals surface area contributed by atoms with Crippen molar-refractivity contribution in [3.63, 3.8) is 0 Å². The van der Waals surface area contributed by atoms with Crippen LogP contribution in [0.15, 0.2) is 12.7 Å². The monoisotopic (exact) mass is 200 g/mol. The molecule has 0 aromatic heterocycles. The molecule has 0 spiro atoms. The molecule has 0 saturated carbocycles. The van der Waals surface area contributed by atoms with Crippen molar-refractivity contribution in [3.8, 4) is 0 Å². The number of rotatable bonds is 6. The molecule has 0 heterocycles. The van der Waals surface area contributed by atoms with Gasteiger partial charge in [-0.1, -0.05) is 6.08 Å². The van der Waals surface area contributed by atoms with E-state index in [1.54, 1.807) is 13.0 Å². The van der Waals surface area contributed by atoms with Crippen molar-refractivity contribution in [2.45, 2.75) is 25.8 Å². The van der Waals surface area contributed by atoms with Crippen molar-refractivity contribution in [1.82, 2.24) is 10.6 Å². The largest absolute Gasteiger partial charge is 0.481 e. The molecule has 0 fully saturated rings. The van der Waals surface area contributed by atoms with Crippen LogP contribution in [0.4, 0.5) is 4.79 Å². The molecule has 0 aromatic carbocycles. The predicted octanol–water partition coefficient (Wildman–Crippen LogP) is 0.725. The Morgan fingerprint density at radius 2 is 2.21 bits per heavy atom. The molecular formula is C9H16N2O3. The standard InChI is InChI=1S/C9H16N2O3/c1-3-6-10-9(14)11-7(2)4-5-8(12)13/h3,7H,1,4-6H2,2H3,(H,12,13)(H2,10,11,14). The molecule has 2 amide bonds. The van der Waals surface area contributed by atoms with Crippen molar-refractivity contribution in [3.05, 3.63) is 12.7 Å². The summed E-state index contributed by atoms with van der Waals surface area (Å²) in [5, 5.41) is 13.5. The number of carboxylic acid groups (broad SMARTS) is 1. The van der Waals surface area contributed by atoms with Crippen LogP contribution in [0.5, 0.6) is 0 Å². The minimum Gasteiger partial charge on any atom is -0.481 e. The van der Waals surface area contributed by atoms with E-state index < -0.39 is 5.97 Å². The maximum Gasteiger partial charge on any atom is 0.315 e. The first-order valence-electron chi connectivity index (χ1n) is 4.43. The average Bonchev–Trinajstić information content (AvgIpc) is 2.11. The summed E-state index contributed by atoms with van der Waals surface area (Å²) in [5.74, 6) is -0.856. The smallest absolute Gasteiger partial charge is 0.315 e. The summed E-state index contributed by atoms with van der Waals surface area (Å²) in [6.45, 7) is 5.61. The van der Waals surface area contributed by atoms with Gasteiger partial charge in [-0.2, -0.15) is 0 Å². The number of urea groups is 1. The number of hydrogen-bond acceptors (Lipinski definition) is 2. The average molecular weight is 200 g/mol. The van der Waals surface area contributed by atoms with Gasteiger partial charge in [0.05, 0.1) is 0 Å². The van der Waals surface area contributed by atoms with Gasteiger partial charge in [-0.25, -0.2) is 4.79 Å². The molecule has 1 unspecified atom stereocenters. The molecule has 5 nitrogen and oxygen atoms in total. The van der Waals surface area contributed by atoms with Gasteiger partial charge in [-0.05, 0) is 13.3 Å². The molecule has 0 aliphatic heterocycles. The summed E-state index contributed by atoms with van der Waals surface area (Å²) in [7, 11) is 0. The fraction of sp³-hybridized carbons (Fsp3) is 0.556. The Labute approximate surface area is 83.2 Å². The van der Waals surface area contributed by atoms with Gasteiger partial charge in [0.25, 0.3) is 0 Å². The molecule has 14 heavy (non-hydrogen) atoms. The molecule has 0 rings (SSSR count). The second kappa shape index (κ2) is 6.94. The van der Waals surface area contributed by atoms with Crippen LogP contribution < -0.4 is 10.6 Å². The number of nitrogens with one attached hydrogen (secondary N) is 2. The Morgan fingerprint density at radius 3 is 2.71 bits per heavy atom. The summed E-state index contributed by atoms with van der Waals surface area (Å²) in [6.07, 6.45) is 2.06. The first-order valence-corrected chi connectivity index (χ1v) is 4.43. The lowest BCUT2D eigenvalue weighted by Crippen LogP contribution is -2.40. The van der Waals surface area contributed by atoms with E-state index in [2.05, 4.69) is 17.2 Å². The van der Waals surface area contributed by atoms with E-state index >= 15 is 0 Å². The van der Waals surface area contributed by atoms with E-state index in [9.17, 15) is 9.59 Å². The quantitative estimate of drug-likeness (QED) is 0.553. The Hall–Kier alpha value is -1.52. The van der Waals surface area contributed by atoms with E-state index in [-0.39, 0.29) is 18.5 Å². The van der Waals surface area contributed by atoms with Crippen molar-refractivity contribution < 1.29 is 14.7 Å². The lowest BCUT2D eigenvalue weighted by atomic mass is 10.2. The molecule has 0 saturated heterocycles. The SMILES string of the molecule is C=CCNC(=O)NC(C)CCC(=O)O. The molecule has 0 radical (unpaired) electrons. The van der Waals surface area contributed by atoms with E-state index in [0.29, 0.717) is 13.0 Å². The zero-order chi connectivity index (χ0) is 11.0. The Balaban J connectivity index is 3.59. The first kappa shape index (κ1) is 12.5. The van der Waals surface area contributed by atoms with E-state index in [0.717, 1.165) is 0 Å².